The van der Waals surface area contributed by atoms with Crippen LogP contribution in [0.5, 0.6) is 0 Å². The summed E-state index contributed by atoms with van der Waals surface area (Å²) in [5.41, 5.74) is 0. The molecule has 2 N–H and O–H groups in total. The number of carbonyl (C=O) groups excluding carboxylic acids is 1. The molecular formula is C5H11O5P. The van der Waals surface area contributed by atoms with Gasteiger partial charge >= 0.3 is 5.97 Å². The first-order valence-electron chi connectivity index (χ1n) is 2.93. The highest BCUT2D eigenvalue weighted by molar-refractivity contribution is 7.64. The highest BCUT2D eigenvalue weighted by Gasteiger charge is 2.24. The Morgan fingerprint density at radius 1 is 1.45 bits per heavy atom. The van der Waals surface area contributed by atoms with E-state index in [1.165, 1.54) is 0 Å². The summed E-state index contributed by atoms with van der Waals surface area (Å²) < 4.78 is 15.3. The molecule has 0 bridgehead atoms. The van der Waals surface area contributed by atoms with E-state index in [4.69, 9.17) is 10.2 Å². The summed E-state index contributed by atoms with van der Waals surface area (Å²) in [4.78, 5) is 10.5. The van der Waals surface area contributed by atoms with Gasteiger partial charge in [0.05, 0.1) is 19.8 Å². The molecule has 66 valence electrons. The summed E-state index contributed by atoms with van der Waals surface area (Å²) in [7, 11) is -1.96. The summed E-state index contributed by atoms with van der Waals surface area (Å²) in [6.07, 6.45) is -1.74. The van der Waals surface area contributed by atoms with Crippen molar-refractivity contribution in [2.24, 2.45) is 0 Å². The molecule has 0 aliphatic heterocycles. The lowest BCUT2D eigenvalue weighted by molar-refractivity contribution is -0.137. The molecule has 0 aliphatic carbocycles. The fourth-order valence-corrected chi connectivity index (χ4v) is 1.33. The Bertz CT molecular complexity index is 170. The van der Waals surface area contributed by atoms with Gasteiger partial charge in [-0.1, -0.05) is 0 Å². The van der Waals surface area contributed by atoms with E-state index < -0.39 is 32.0 Å². The molecule has 5 nitrogen and oxygen atoms in total. The molecule has 0 radical (unpaired) electrons. The maximum Gasteiger partial charge on any atom is 0.313 e. The third-order valence-corrected chi connectivity index (χ3v) is 3.03. The van der Waals surface area contributed by atoms with E-state index in [1.807, 2.05) is 0 Å². The van der Waals surface area contributed by atoms with E-state index >= 15 is 0 Å². The van der Waals surface area contributed by atoms with Gasteiger partial charge in [0.15, 0.2) is 0 Å². The van der Waals surface area contributed by atoms with E-state index in [1.54, 1.807) is 0 Å². The van der Waals surface area contributed by atoms with E-state index in [9.17, 15) is 9.36 Å². The minimum Gasteiger partial charge on any atom is -0.469 e. The van der Waals surface area contributed by atoms with Gasteiger partial charge in [-0.05, 0) is 0 Å². The van der Waals surface area contributed by atoms with Crippen LogP contribution in [0.3, 0.4) is 0 Å². The number of methoxy groups -OCH3 is 1. The molecule has 11 heavy (non-hydrogen) atoms. The highest BCUT2D eigenvalue weighted by Crippen LogP contribution is 2.42. The Kier molecular flexibility index (Phi) is 4.33. The zero-order valence-corrected chi connectivity index (χ0v) is 7.08. The van der Waals surface area contributed by atoms with Crippen LogP contribution in [0.1, 0.15) is 0 Å². The van der Waals surface area contributed by atoms with Crippen molar-refractivity contribution in [2.75, 3.05) is 26.0 Å². The van der Waals surface area contributed by atoms with Gasteiger partial charge in [0, 0.05) is 0 Å². The van der Waals surface area contributed by atoms with Crippen LogP contribution < -0.4 is 0 Å². The number of hydrogen-bond donors (Lipinski definition) is 2. The topological polar surface area (TPSA) is 83.8 Å². The van der Waals surface area contributed by atoms with Crippen LogP contribution in [0.4, 0.5) is 0 Å². The molecule has 0 aromatic rings. The molecule has 0 rings (SSSR count). The lowest BCUT2D eigenvalue weighted by Crippen LogP contribution is -2.11. The number of aliphatic hydroxyl groups excluding tert-OH is 2. The first kappa shape index (κ1) is 10.6. The van der Waals surface area contributed by atoms with Gasteiger partial charge in [-0.25, -0.2) is 0 Å². The SMILES string of the molecule is COC(=O)CP(=O)(CO)CO. The maximum atomic E-state index is 11.1. The summed E-state index contributed by atoms with van der Waals surface area (Å²) in [5.74, 6) is -0.684. The average molecular weight is 182 g/mol. The Hall–Kier alpha value is -0.380. The van der Waals surface area contributed by atoms with Crippen LogP contribution in [-0.4, -0.2) is 42.2 Å². The third-order valence-electron chi connectivity index (χ3n) is 1.16. The number of aliphatic hydroxyl groups is 2. The standard InChI is InChI=1S/C5H11O5P/c1-10-5(8)2-11(9,3-6)4-7/h6-7H,2-4H2,1H3. The Morgan fingerprint density at radius 2 is 1.91 bits per heavy atom. The predicted molar refractivity (Wildman–Crippen MR) is 38.7 cm³/mol. The summed E-state index contributed by atoms with van der Waals surface area (Å²) >= 11 is 0. The van der Waals surface area contributed by atoms with Gasteiger partial charge in [-0.2, -0.15) is 0 Å². The molecule has 0 fully saturated rings. The molecule has 0 heterocycles. The van der Waals surface area contributed by atoms with Gasteiger partial charge in [-0.3, -0.25) is 4.79 Å². The Balaban J connectivity index is 4.09. The minimum absolute atomic E-state index is 0.406. The van der Waals surface area contributed by atoms with Crippen LogP contribution >= 0.6 is 7.14 Å². The van der Waals surface area contributed by atoms with Crippen molar-refractivity contribution in [3.8, 4) is 0 Å². The number of ether oxygens (including phenoxy) is 1. The van der Waals surface area contributed by atoms with Crippen molar-refractivity contribution in [1.82, 2.24) is 0 Å². The fourth-order valence-electron chi connectivity index (χ4n) is 0.445. The largest absolute Gasteiger partial charge is 0.469 e. The first-order valence-corrected chi connectivity index (χ1v) is 5.20. The van der Waals surface area contributed by atoms with Crippen LogP contribution in [0, 0.1) is 0 Å². The van der Waals surface area contributed by atoms with Crippen molar-refractivity contribution in [2.45, 2.75) is 0 Å². The quantitative estimate of drug-likeness (QED) is 0.449. The van der Waals surface area contributed by atoms with Crippen LogP contribution in [0.25, 0.3) is 0 Å². The van der Waals surface area contributed by atoms with Gasteiger partial charge in [0.25, 0.3) is 0 Å². The van der Waals surface area contributed by atoms with E-state index in [2.05, 4.69) is 4.74 Å². The lowest BCUT2D eigenvalue weighted by Gasteiger charge is -2.09. The summed E-state index contributed by atoms with van der Waals surface area (Å²) in [6, 6.07) is 0. The molecule has 0 aliphatic rings. The number of hydrogen-bond acceptors (Lipinski definition) is 5. The lowest BCUT2D eigenvalue weighted by atomic mass is 10.8. The molecule has 0 unspecified atom stereocenters. The fraction of sp³-hybridized carbons (Fsp3) is 0.800. The Morgan fingerprint density at radius 3 is 2.18 bits per heavy atom. The van der Waals surface area contributed by atoms with Crippen molar-refractivity contribution < 1.29 is 24.3 Å². The van der Waals surface area contributed by atoms with Gasteiger partial charge in [-0.15, -0.1) is 0 Å². The maximum absolute atomic E-state index is 11.1. The summed E-state index contributed by atoms with van der Waals surface area (Å²) in [6.45, 7) is 0. The molecule has 0 saturated heterocycles. The second kappa shape index (κ2) is 4.49. The van der Waals surface area contributed by atoms with Crippen molar-refractivity contribution in [1.29, 1.82) is 0 Å². The third kappa shape index (κ3) is 3.51. The second-order valence-electron chi connectivity index (χ2n) is 2.08. The van der Waals surface area contributed by atoms with Crippen LogP contribution in [0.15, 0.2) is 0 Å². The van der Waals surface area contributed by atoms with E-state index in [0.717, 1.165) is 7.11 Å². The zero-order valence-electron chi connectivity index (χ0n) is 6.19. The molecule has 0 aromatic heterocycles. The second-order valence-corrected chi connectivity index (χ2v) is 5.07. The number of rotatable bonds is 4. The zero-order chi connectivity index (χ0) is 8.91. The molecule has 0 amide bonds. The van der Waals surface area contributed by atoms with Gasteiger partial charge in [0.2, 0.25) is 0 Å². The molecule has 0 atom stereocenters. The van der Waals surface area contributed by atoms with Crippen molar-refractivity contribution in [3.05, 3.63) is 0 Å². The van der Waals surface area contributed by atoms with E-state index in [0.29, 0.717) is 0 Å². The van der Waals surface area contributed by atoms with Gasteiger partial charge in [0.1, 0.15) is 13.3 Å². The molecular weight excluding hydrogens is 171 g/mol. The molecule has 6 heteroatoms. The van der Waals surface area contributed by atoms with Gasteiger partial charge < -0.3 is 19.5 Å². The molecule has 0 aromatic carbocycles. The average Bonchev–Trinajstić information content (AvgIpc) is 2.04. The van der Waals surface area contributed by atoms with E-state index in [-0.39, 0.29) is 0 Å². The molecule has 0 saturated carbocycles. The van der Waals surface area contributed by atoms with Crippen LogP contribution in [-0.2, 0) is 14.1 Å². The van der Waals surface area contributed by atoms with Crippen molar-refractivity contribution in [3.63, 3.8) is 0 Å². The molecule has 0 spiro atoms. The van der Waals surface area contributed by atoms with Crippen LogP contribution in [0.2, 0.25) is 0 Å². The highest BCUT2D eigenvalue weighted by atomic mass is 31.2. The first-order chi connectivity index (χ1) is 5.08. The summed E-state index contributed by atoms with van der Waals surface area (Å²) in [5, 5.41) is 17.0. The predicted octanol–water partition coefficient (Wildman–Crippen LogP) is -0.578. The van der Waals surface area contributed by atoms with Crippen molar-refractivity contribution >= 4 is 13.1 Å². The monoisotopic (exact) mass is 182 g/mol. The normalized spacial score (nSPS) is 11.2. The number of esters is 1. The minimum atomic E-state index is -3.12. The number of carbonyl (C=O) groups is 1. The Labute approximate surface area is 64.4 Å². The smallest absolute Gasteiger partial charge is 0.313 e.